The zero-order valence-corrected chi connectivity index (χ0v) is 12.7. The highest BCUT2D eigenvalue weighted by molar-refractivity contribution is 9.10. The van der Waals surface area contributed by atoms with E-state index >= 15 is 0 Å². The van der Waals surface area contributed by atoms with Crippen molar-refractivity contribution in [3.63, 3.8) is 0 Å². The molecule has 2 rings (SSSR count). The fourth-order valence-electron chi connectivity index (χ4n) is 1.95. The molecule has 1 atom stereocenters. The second-order valence-corrected chi connectivity index (χ2v) is 5.44. The highest BCUT2D eigenvalue weighted by Gasteiger charge is 2.19. The zero-order valence-electron chi connectivity index (χ0n) is 10.4. The van der Waals surface area contributed by atoms with Gasteiger partial charge in [0.25, 0.3) is 0 Å². The summed E-state index contributed by atoms with van der Waals surface area (Å²) in [6, 6.07) is 5.63. The normalized spacial score (nSPS) is 12.5. The molecule has 2 aromatic carbocycles. The maximum absolute atomic E-state index is 14.0. The summed E-state index contributed by atoms with van der Waals surface area (Å²) in [4.78, 5) is 0. The molecule has 0 radical (unpaired) electrons. The summed E-state index contributed by atoms with van der Waals surface area (Å²) >= 11 is 8.60. The maximum Gasteiger partial charge on any atom is 0.142 e. The molecule has 1 N–H and O–H groups in total. The van der Waals surface area contributed by atoms with E-state index in [-0.39, 0.29) is 15.1 Å². The largest absolute Gasteiger partial charge is 0.309 e. The molecule has 0 aromatic heterocycles. The summed E-state index contributed by atoms with van der Waals surface area (Å²) in [6.45, 7) is 0. The predicted molar refractivity (Wildman–Crippen MR) is 76.4 cm³/mol. The third-order valence-corrected chi connectivity index (χ3v) is 3.81. The third kappa shape index (κ3) is 3.00. The van der Waals surface area contributed by atoms with Crippen LogP contribution in [0, 0.1) is 17.5 Å². The van der Waals surface area contributed by atoms with Gasteiger partial charge in [0.2, 0.25) is 0 Å². The number of hydrogen-bond acceptors (Lipinski definition) is 1. The Morgan fingerprint density at radius 3 is 2.35 bits per heavy atom. The Hall–Kier alpha value is -1.04. The van der Waals surface area contributed by atoms with E-state index < -0.39 is 23.5 Å². The fourth-order valence-corrected chi connectivity index (χ4v) is 2.50. The Labute approximate surface area is 127 Å². The van der Waals surface area contributed by atoms with Crippen molar-refractivity contribution in [1.29, 1.82) is 0 Å². The summed E-state index contributed by atoms with van der Waals surface area (Å²) in [5.74, 6) is -1.76. The van der Waals surface area contributed by atoms with Gasteiger partial charge in [0, 0.05) is 5.56 Å². The molecule has 0 spiro atoms. The Bertz CT molecular complexity index is 649. The van der Waals surface area contributed by atoms with Crippen LogP contribution in [-0.4, -0.2) is 7.05 Å². The van der Waals surface area contributed by atoms with Crippen LogP contribution in [0.25, 0.3) is 0 Å². The van der Waals surface area contributed by atoms with Crippen LogP contribution in [0.1, 0.15) is 17.2 Å². The van der Waals surface area contributed by atoms with Gasteiger partial charge in [0.05, 0.1) is 15.5 Å². The topological polar surface area (TPSA) is 12.0 Å². The van der Waals surface area contributed by atoms with Crippen molar-refractivity contribution in [3.05, 3.63) is 68.4 Å². The van der Waals surface area contributed by atoms with E-state index in [1.54, 1.807) is 7.05 Å². The maximum atomic E-state index is 14.0. The van der Waals surface area contributed by atoms with Crippen molar-refractivity contribution in [2.75, 3.05) is 7.05 Å². The quantitative estimate of drug-likeness (QED) is 0.769. The second kappa shape index (κ2) is 6.16. The lowest BCUT2D eigenvalue weighted by Crippen LogP contribution is -2.19. The Kier molecular flexibility index (Phi) is 4.73. The summed E-state index contributed by atoms with van der Waals surface area (Å²) < 4.78 is 41.0. The van der Waals surface area contributed by atoms with E-state index in [4.69, 9.17) is 11.6 Å². The van der Waals surface area contributed by atoms with Crippen molar-refractivity contribution in [2.45, 2.75) is 6.04 Å². The van der Waals surface area contributed by atoms with Crippen LogP contribution in [0.15, 0.2) is 34.8 Å². The standard InChI is InChI=1S/C14H10BrClF3N/c1-20-14(7-2-3-11(17)9(15)4-7)8-5-13(19)10(16)6-12(8)18/h2-6,14,20H,1H3. The number of hydrogen-bond donors (Lipinski definition) is 1. The van der Waals surface area contributed by atoms with Crippen LogP contribution in [-0.2, 0) is 0 Å². The molecule has 1 nitrogen and oxygen atoms in total. The van der Waals surface area contributed by atoms with Gasteiger partial charge in [0.1, 0.15) is 17.5 Å². The lowest BCUT2D eigenvalue weighted by molar-refractivity contribution is 0.557. The molecule has 0 saturated carbocycles. The first-order valence-corrected chi connectivity index (χ1v) is 6.87. The molecule has 0 fully saturated rings. The minimum absolute atomic E-state index is 0.105. The molecule has 0 heterocycles. The number of benzene rings is 2. The molecule has 20 heavy (non-hydrogen) atoms. The lowest BCUT2D eigenvalue weighted by Gasteiger charge is -2.19. The van der Waals surface area contributed by atoms with Gasteiger partial charge in [-0.1, -0.05) is 17.7 Å². The average molecular weight is 365 g/mol. The predicted octanol–water partition coefficient (Wildman–Crippen LogP) is 4.83. The molecule has 6 heteroatoms. The van der Waals surface area contributed by atoms with Gasteiger partial charge in [-0.3, -0.25) is 0 Å². The van der Waals surface area contributed by atoms with E-state index in [0.717, 1.165) is 12.1 Å². The molecule has 0 aliphatic carbocycles. The highest BCUT2D eigenvalue weighted by Crippen LogP contribution is 2.30. The smallest absolute Gasteiger partial charge is 0.142 e. The van der Waals surface area contributed by atoms with Crippen molar-refractivity contribution in [3.8, 4) is 0 Å². The summed E-state index contributed by atoms with van der Waals surface area (Å²) in [5.41, 5.74) is 0.703. The highest BCUT2D eigenvalue weighted by atomic mass is 79.9. The van der Waals surface area contributed by atoms with E-state index in [1.807, 2.05) is 0 Å². The summed E-state index contributed by atoms with van der Waals surface area (Å²) in [7, 11) is 1.61. The Morgan fingerprint density at radius 1 is 1.05 bits per heavy atom. The van der Waals surface area contributed by atoms with Gasteiger partial charge >= 0.3 is 0 Å². The van der Waals surface area contributed by atoms with Crippen LogP contribution in [0.3, 0.4) is 0 Å². The Balaban J connectivity index is 2.52. The van der Waals surface area contributed by atoms with Crippen LogP contribution in [0.5, 0.6) is 0 Å². The average Bonchev–Trinajstić information content (AvgIpc) is 2.40. The van der Waals surface area contributed by atoms with Gasteiger partial charge in [-0.25, -0.2) is 13.2 Å². The molecule has 106 valence electrons. The lowest BCUT2D eigenvalue weighted by atomic mass is 9.98. The molecule has 0 amide bonds. The molecule has 1 unspecified atom stereocenters. The summed E-state index contributed by atoms with van der Waals surface area (Å²) in [6.07, 6.45) is 0. The third-order valence-electron chi connectivity index (χ3n) is 2.92. The first-order chi connectivity index (χ1) is 9.43. The first-order valence-electron chi connectivity index (χ1n) is 5.70. The van der Waals surface area contributed by atoms with Crippen molar-refractivity contribution in [1.82, 2.24) is 5.32 Å². The molecule has 2 aromatic rings. The molecular formula is C14H10BrClF3N. The van der Waals surface area contributed by atoms with E-state index in [9.17, 15) is 13.2 Å². The number of halogens is 5. The minimum atomic E-state index is -0.704. The number of rotatable bonds is 3. The Morgan fingerprint density at radius 2 is 1.75 bits per heavy atom. The van der Waals surface area contributed by atoms with Gasteiger partial charge in [-0.2, -0.15) is 0 Å². The van der Waals surface area contributed by atoms with Gasteiger partial charge < -0.3 is 5.32 Å². The van der Waals surface area contributed by atoms with Crippen molar-refractivity contribution >= 4 is 27.5 Å². The van der Waals surface area contributed by atoms with Crippen molar-refractivity contribution in [2.24, 2.45) is 0 Å². The van der Waals surface area contributed by atoms with Crippen LogP contribution in [0.2, 0.25) is 5.02 Å². The van der Waals surface area contributed by atoms with Crippen LogP contribution >= 0.6 is 27.5 Å². The minimum Gasteiger partial charge on any atom is -0.309 e. The van der Waals surface area contributed by atoms with Gasteiger partial charge in [-0.05, 0) is 52.8 Å². The molecule has 0 bridgehead atoms. The van der Waals surface area contributed by atoms with Crippen molar-refractivity contribution < 1.29 is 13.2 Å². The summed E-state index contributed by atoms with van der Waals surface area (Å²) in [5, 5.41) is 2.60. The zero-order chi connectivity index (χ0) is 14.9. The van der Waals surface area contributed by atoms with E-state index in [0.29, 0.717) is 5.56 Å². The molecule has 0 aliphatic rings. The second-order valence-electron chi connectivity index (χ2n) is 4.18. The molecular weight excluding hydrogens is 355 g/mol. The monoisotopic (exact) mass is 363 g/mol. The van der Waals surface area contributed by atoms with Gasteiger partial charge in [0.15, 0.2) is 0 Å². The van der Waals surface area contributed by atoms with Gasteiger partial charge in [-0.15, -0.1) is 0 Å². The number of nitrogens with one attached hydrogen (secondary N) is 1. The SMILES string of the molecule is CNC(c1ccc(F)c(Br)c1)c1cc(F)c(Cl)cc1F. The molecule has 0 aliphatic heterocycles. The van der Waals surface area contributed by atoms with Crippen LogP contribution in [0.4, 0.5) is 13.2 Å². The van der Waals surface area contributed by atoms with E-state index in [1.165, 1.54) is 18.2 Å². The fraction of sp³-hybridized carbons (Fsp3) is 0.143. The van der Waals surface area contributed by atoms with Crippen LogP contribution < -0.4 is 5.32 Å². The first kappa shape index (κ1) is 15.4. The molecule has 0 saturated heterocycles. The van der Waals surface area contributed by atoms with E-state index in [2.05, 4.69) is 21.2 Å².